The number of aromatic nitrogens is 4. The maximum Gasteiger partial charge on any atom is 0.433 e. The number of rotatable bonds is 5. The maximum absolute atomic E-state index is 13.0. The number of nitrogens with zero attached hydrogens (tertiary/aromatic N) is 4. The zero-order valence-corrected chi connectivity index (χ0v) is 20.0. The van der Waals surface area contributed by atoms with Crippen molar-refractivity contribution in [3.05, 3.63) is 47.0 Å². The molecule has 3 aromatic heterocycles. The highest BCUT2D eigenvalue weighted by atomic mass is 32.1. The average molecular weight is 508 g/mol. The third-order valence-corrected chi connectivity index (χ3v) is 7.36. The minimum Gasteiger partial charge on any atom is -0.481 e. The highest BCUT2D eigenvalue weighted by Gasteiger charge is 2.49. The van der Waals surface area contributed by atoms with E-state index in [4.69, 9.17) is 0 Å². The predicted octanol–water partition coefficient (Wildman–Crippen LogP) is 5.16. The monoisotopic (exact) mass is 507 g/mol. The summed E-state index contributed by atoms with van der Waals surface area (Å²) in [4.78, 5) is 28.6. The van der Waals surface area contributed by atoms with E-state index in [0.29, 0.717) is 33.4 Å². The molecular weight excluding hydrogens is 483 g/mol. The lowest BCUT2D eigenvalue weighted by atomic mass is 9.63. The first kappa shape index (κ1) is 25.0. The average Bonchev–Trinajstić information content (AvgIpc) is 3.23. The van der Waals surface area contributed by atoms with Crippen molar-refractivity contribution in [3.8, 4) is 10.6 Å². The normalized spacial score (nSPS) is 22.1. The SMILES string of the molecule is Cc1cc(Nc2nccc(C(F)(F)F)n2)cc(-c2cnc(C3(O)CCC(C(=O)O)C(C)(C)C3)s2)n1. The van der Waals surface area contributed by atoms with Crippen molar-refractivity contribution in [1.82, 2.24) is 19.9 Å². The van der Waals surface area contributed by atoms with Crippen molar-refractivity contribution in [2.75, 3.05) is 5.32 Å². The molecule has 0 aromatic carbocycles. The lowest BCUT2D eigenvalue weighted by molar-refractivity contribution is -0.154. The largest absolute Gasteiger partial charge is 0.481 e. The van der Waals surface area contributed by atoms with E-state index >= 15 is 0 Å². The van der Waals surface area contributed by atoms with Gasteiger partial charge < -0.3 is 15.5 Å². The number of hydrogen-bond donors (Lipinski definition) is 3. The highest BCUT2D eigenvalue weighted by molar-refractivity contribution is 7.15. The van der Waals surface area contributed by atoms with Crippen molar-refractivity contribution in [3.63, 3.8) is 0 Å². The molecule has 12 heteroatoms. The number of nitrogens with one attached hydrogen (secondary N) is 1. The van der Waals surface area contributed by atoms with E-state index in [1.54, 1.807) is 25.3 Å². The van der Waals surface area contributed by atoms with E-state index in [2.05, 4.69) is 25.3 Å². The second-order valence-electron chi connectivity index (χ2n) is 9.43. The van der Waals surface area contributed by atoms with E-state index in [1.165, 1.54) is 11.3 Å². The minimum absolute atomic E-state index is 0.201. The van der Waals surface area contributed by atoms with Crippen molar-refractivity contribution < 1.29 is 28.2 Å². The molecule has 3 heterocycles. The number of aryl methyl sites for hydroxylation is 1. The number of halogens is 3. The van der Waals surface area contributed by atoms with Gasteiger partial charge in [-0.25, -0.2) is 15.0 Å². The van der Waals surface area contributed by atoms with Crippen molar-refractivity contribution in [1.29, 1.82) is 0 Å². The van der Waals surface area contributed by atoms with Gasteiger partial charge in [-0.05, 0) is 49.8 Å². The van der Waals surface area contributed by atoms with Gasteiger partial charge in [-0.1, -0.05) is 13.8 Å². The molecular formula is C23H24F3N5O3S. The number of carbonyl (C=O) groups is 1. The lowest BCUT2D eigenvalue weighted by Gasteiger charge is -2.44. The van der Waals surface area contributed by atoms with Gasteiger partial charge >= 0.3 is 12.1 Å². The number of aliphatic hydroxyl groups is 1. The number of pyridine rings is 1. The fourth-order valence-corrected chi connectivity index (χ4v) is 5.55. The van der Waals surface area contributed by atoms with Gasteiger partial charge in [0.2, 0.25) is 5.95 Å². The van der Waals surface area contributed by atoms with Crippen LogP contribution in [0.3, 0.4) is 0 Å². The molecule has 8 nitrogen and oxygen atoms in total. The molecule has 1 aliphatic carbocycles. The fourth-order valence-electron chi connectivity index (χ4n) is 4.56. The van der Waals surface area contributed by atoms with Crippen LogP contribution in [0.1, 0.15) is 49.5 Å². The van der Waals surface area contributed by atoms with Crippen LogP contribution in [0.15, 0.2) is 30.6 Å². The zero-order valence-electron chi connectivity index (χ0n) is 19.2. The molecule has 4 rings (SSSR count). The number of carboxylic acid groups (broad SMARTS) is 1. The molecule has 2 atom stereocenters. The fraction of sp³-hybridized carbons (Fsp3) is 0.435. The van der Waals surface area contributed by atoms with Crippen LogP contribution in [0.5, 0.6) is 0 Å². The van der Waals surface area contributed by atoms with Gasteiger partial charge in [0.15, 0.2) is 0 Å². The third-order valence-electron chi connectivity index (χ3n) is 6.15. The summed E-state index contributed by atoms with van der Waals surface area (Å²) in [5.74, 6) is -1.62. The van der Waals surface area contributed by atoms with Crippen molar-refractivity contribution in [2.45, 2.75) is 51.8 Å². The Kier molecular flexibility index (Phi) is 6.30. The Bertz CT molecular complexity index is 1260. The highest BCUT2D eigenvalue weighted by Crippen LogP contribution is 2.50. The number of thiazole rings is 1. The molecule has 0 amide bonds. The van der Waals surface area contributed by atoms with Crippen LogP contribution in [0.4, 0.5) is 24.8 Å². The molecule has 3 aromatic rings. The van der Waals surface area contributed by atoms with Crippen LogP contribution in [-0.4, -0.2) is 36.1 Å². The predicted molar refractivity (Wildman–Crippen MR) is 123 cm³/mol. The molecule has 35 heavy (non-hydrogen) atoms. The molecule has 2 unspecified atom stereocenters. The molecule has 3 N–H and O–H groups in total. The van der Waals surface area contributed by atoms with Crippen LogP contribution < -0.4 is 5.32 Å². The van der Waals surface area contributed by atoms with Gasteiger partial charge in [0.25, 0.3) is 0 Å². The minimum atomic E-state index is -4.59. The Balaban J connectivity index is 1.59. The lowest BCUT2D eigenvalue weighted by Crippen LogP contribution is -2.44. The van der Waals surface area contributed by atoms with E-state index in [0.717, 1.165) is 12.3 Å². The smallest absolute Gasteiger partial charge is 0.433 e. The first-order chi connectivity index (χ1) is 16.3. The second-order valence-corrected chi connectivity index (χ2v) is 10.5. The van der Waals surface area contributed by atoms with Crippen molar-refractivity contribution in [2.24, 2.45) is 11.3 Å². The number of hydrogen-bond acceptors (Lipinski definition) is 8. The summed E-state index contributed by atoms with van der Waals surface area (Å²) in [6.07, 6.45) is -1.10. The Morgan fingerprint density at radius 3 is 2.63 bits per heavy atom. The summed E-state index contributed by atoms with van der Waals surface area (Å²) in [5, 5.41) is 24.1. The summed E-state index contributed by atoms with van der Waals surface area (Å²) in [7, 11) is 0. The Labute approximate surface area is 203 Å². The second kappa shape index (κ2) is 8.83. The number of aliphatic carboxylic acids is 1. The molecule has 0 aliphatic heterocycles. The standard InChI is InChI=1S/C23H24F3N5O3S/c1-12-8-13(30-20-27-7-5-17(31-20)23(24,25)26)9-15(29-12)16-10-28-19(35-16)22(34)6-4-14(18(32)33)21(2,3)11-22/h5,7-10,14,34H,4,6,11H2,1-3H3,(H,32,33)(H,27,29,30,31). The molecule has 1 saturated carbocycles. The van der Waals surface area contributed by atoms with Gasteiger partial charge in [-0.2, -0.15) is 13.2 Å². The molecule has 0 saturated heterocycles. The van der Waals surface area contributed by atoms with Gasteiger partial charge in [-0.15, -0.1) is 11.3 Å². The summed E-state index contributed by atoms with van der Waals surface area (Å²) in [5.41, 5.74) is -1.35. The summed E-state index contributed by atoms with van der Waals surface area (Å²) < 4.78 is 38.9. The van der Waals surface area contributed by atoms with Gasteiger partial charge in [0.1, 0.15) is 16.3 Å². The zero-order chi connectivity index (χ0) is 25.6. The molecule has 0 spiro atoms. The van der Waals surface area contributed by atoms with Crippen LogP contribution in [0, 0.1) is 18.3 Å². The Morgan fingerprint density at radius 1 is 1.23 bits per heavy atom. The van der Waals surface area contributed by atoms with E-state index in [9.17, 15) is 28.2 Å². The third kappa shape index (κ3) is 5.27. The topological polar surface area (TPSA) is 121 Å². The number of alkyl halides is 3. The van der Waals surface area contributed by atoms with Crippen LogP contribution >= 0.6 is 11.3 Å². The van der Waals surface area contributed by atoms with Crippen LogP contribution in [0.2, 0.25) is 0 Å². The van der Waals surface area contributed by atoms with Crippen LogP contribution in [-0.2, 0) is 16.6 Å². The Hall–Kier alpha value is -3.12. The van der Waals surface area contributed by atoms with E-state index in [-0.39, 0.29) is 18.8 Å². The van der Waals surface area contributed by atoms with Crippen LogP contribution in [0.25, 0.3) is 10.6 Å². The molecule has 0 radical (unpaired) electrons. The first-order valence-electron chi connectivity index (χ1n) is 10.8. The summed E-state index contributed by atoms with van der Waals surface area (Å²) >= 11 is 1.25. The summed E-state index contributed by atoms with van der Waals surface area (Å²) in [6, 6.07) is 4.09. The summed E-state index contributed by atoms with van der Waals surface area (Å²) in [6.45, 7) is 5.41. The first-order valence-corrected chi connectivity index (χ1v) is 11.7. The molecule has 1 aliphatic rings. The van der Waals surface area contributed by atoms with Crippen molar-refractivity contribution >= 4 is 28.9 Å². The van der Waals surface area contributed by atoms with Gasteiger partial charge in [0.05, 0.1) is 16.5 Å². The quantitative estimate of drug-likeness (QED) is 0.433. The molecule has 1 fully saturated rings. The molecule has 0 bridgehead atoms. The molecule has 186 valence electrons. The van der Waals surface area contributed by atoms with Gasteiger partial charge in [0, 0.05) is 23.8 Å². The van der Waals surface area contributed by atoms with E-state index in [1.807, 2.05) is 13.8 Å². The van der Waals surface area contributed by atoms with E-state index < -0.39 is 34.8 Å². The van der Waals surface area contributed by atoms with Gasteiger partial charge in [-0.3, -0.25) is 9.78 Å². The maximum atomic E-state index is 13.0. The number of anilines is 2. The number of carboxylic acids is 1. The Morgan fingerprint density at radius 2 is 1.97 bits per heavy atom.